The van der Waals surface area contributed by atoms with Gasteiger partial charge in [0.2, 0.25) is 0 Å². The Kier molecular flexibility index (Phi) is 6.44. The van der Waals surface area contributed by atoms with Crippen molar-refractivity contribution in [2.75, 3.05) is 26.8 Å². The molecule has 0 aliphatic heterocycles. The summed E-state index contributed by atoms with van der Waals surface area (Å²) in [5.41, 5.74) is 2.66. The van der Waals surface area contributed by atoms with Gasteiger partial charge in [0, 0.05) is 38.9 Å². The van der Waals surface area contributed by atoms with Crippen LogP contribution in [0.15, 0.2) is 42.7 Å². The zero-order chi connectivity index (χ0) is 14.9. The van der Waals surface area contributed by atoms with Gasteiger partial charge in [0.05, 0.1) is 12.8 Å². The van der Waals surface area contributed by atoms with Crippen molar-refractivity contribution in [3.05, 3.63) is 53.9 Å². The van der Waals surface area contributed by atoms with Crippen molar-refractivity contribution in [2.45, 2.75) is 25.8 Å². The molecule has 2 rings (SSSR count). The first kappa shape index (κ1) is 15.7. The number of aryl methyl sites for hydroxylation is 1. The Morgan fingerprint density at radius 2 is 2.10 bits per heavy atom. The highest BCUT2D eigenvalue weighted by atomic mass is 16.5. The average Bonchev–Trinajstić information content (AvgIpc) is 2.99. The lowest BCUT2D eigenvalue weighted by Crippen LogP contribution is -2.26. The molecule has 0 spiro atoms. The molecule has 0 aliphatic rings. The predicted molar refractivity (Wildman–Crippen MR) is 85.5 cm³/mol. The van der Waals surface area contributed by atoms with Crippen molar-refractivity contribution in [3.63, 3.8) is 0 Å². The van der Waals surface area contributed by atoms with Crippen LogP contribution in [-0.2, 0) is 17.7 Å². The fourth-order valence-corrected chi connectivity index (χ4v) is 2.45. The van der Waals surface area contributed by atoms with E-state index in [0.29, 0.717) is 5.92 Å². The third-order valence-electron chi connectivity index (χ3n) is 3.64. The van der Waals surface area contributed by atoms with E-state index in [1.165, 1.54) is 11.1 Å². The summed E-state index contributed by atoms with van der Waals surface area (Å²) in [5.74, 6) is 0.456. The van der Waals surface area contributed by atoms with Gasteiger partial charge in [-0.25, -0.2) is 0 Å². The first-order chi connectivity index (χ1) is 10.3. The summed E-state index contributed by atoms with van der Waals surface area (Å²) in [6, 6.07) is 10.7. The largest absolute Gasteiger partial charge is 0.383 e. The molecule has 0 fully saturated rings. The van der Waals surface area contributed by atoms with Crippen LogP contribution in [0.25, 0.3) is 0 Å². The summed E-state index contributed by atoms with van der Waals surface area (Å²) in [6.07, 6.45) is 5.13. The summed E-state index contributed by atoms with van der Waals surface area (Å²) in [6.45, 7) is 5.61. The molecule has 1 N–H and O–H groups in total. The highest BCUT2D eigenvalue weighted by Gasteiger charge is 2.13. The van der Waals surface area contributed by atoms with Gasteiger partial charge in [-0.3, -0.25) is 4.68 Å². The molecular formula is C17H25N3O. The second-order valence-corrected chi connectivity index (χ2v) is 5.21. The predicted octanol–water partition coefficient (Wildman–Crippen LogP) is 2.47. The fraction of sp³-hybridized carbons (Fsp3) is 0.471. The number of rotatable bonds is 9. The van der Waals surface area contributed by atoms with Crippen molar-refractivity contribution >= 4 is 0 Å². The minimum absolute atomic E-state index is 0.456. The molecule has 0 aliphatic carbocycles. The van der Waals surface area contributed by atoms with Crippen LogP contribution in [0.4, 0.5) is 0 Å². The Hall–Kier alpha value is -1.65. The van der Waals surface area contributed by atoms with E-state index < -0.39 is 0 Å². The normalized spacial score (nSPS) is 12.5. The number of aromatic nitrogens is 2. The van der Waals surface area contributed by atoms with Gasteiger partial charge in [-0.05, 0) is 24.5 Å². The fourth-order valence-electron chi connectivity index (χ4n) is 2.45. The van der Waals surface area contributed by atoms with Crippen LogP contribution in [0.5, 0.6) is 0 Å². The van der Waals surface area contributed by atoms with Gasteiger partial charge in [-0.1, -0.05) is 30.3 Å². The molecule has 114 valence electrons. The molecule has 1 aromatic carbocycles. The molecule has 0 radical (unpaired) electrons. The number of nitrogens with zero attached hydrogens (tertiary/aromatic N) is 2. The van der Waals surface area contributed by atoms with Crippen molar-refractivity contribution < 1.29 is 4.74 Å². The van der Waals surface area contributed by atoms with E-state index in [9.17, 15) is 0 Å². The third kappa shape index (κ3) is 4.99. The van der Waals surface area contributed by atoms with Gasteiger partial charge < -0.3 is 10.1 Å². The molecule has 2 aromatic rings. The first-order valence-corrected chi connectivity index (χ1v) is 7.59. The minimum Gasteiger partial charge on any atom is -0.383 e. The second-order valence-electron chi connectivity index (χ2n) is 5.21. The van der Waals surface area contributed by atoms with Gasteiger partial charge in [0.1, 0.15) is 0 Å². The van der Waals surface area contributed by atoms with Crippen LogP contribution in [0.2, 0.25) is 0 Å². The van der Waals surface area contributed by atoms with E-state index in [0.717, 1.165) is 32.7 Å². The zero-order valence-corrected chi connectivity index (χ0v) is 13.0. The average molecular weight is 287 g/mol. The molecule has 1 unspecified atom stereocenters. The smallest absolute Gasteiger partial charge is 0.0587 e. The number of methoxy groups -OCH3 is 1. The lowest BCUT2D eigenvalue weighted by Gasteiger charge is -2.17. The Bertz CT molecular complexity index is 510. The maximum absolute atomic E-state index is 5.09. The summed E-state index contributed by atoms with van der Waals surface area (Å²) in [5, 5.41) is 7.84. The van der Waals surface area contributed by atoms with Gasteiger partial charge in [0.25, 0.3) is 0 Å². The highest BCUT2D eigenvalue weighted by Crippen LogP contribution is 2.20. The molecule has 4 heteroatoms. The minimum atomic E-state index is 0.456. The Balaban J connectivity index is 2.00. The van der Waals surface area contributed by atoms with E-state index >= 15 is 0 Å². The van der Waals surface area contributed by atoms with E-state index in [4.69, 9.17) is 4.74 Å². The van der Waals surface area contributed by atoms with Crippen LogP contribution < -0.4 is 5.32 Å². The number of hydrogen-bond donors (Lipinski definition) is 1. The summed E-state index contributed by atoms with van der Waals surface area (Å²) >= 11 is 0. The molecule has 1 atom stereocenters. The summed E-state index contributed by atoms with van der Waals surface area (Å²) in [4.78, 5) is 0. The van der Waals surface area contributed by atoms with Crippen molar-refractivity contribution in [2.24, 2.45) is 0 Å². The first-order valence-electron chi connectivity index (χ1n) is 7.59. The van der Waals surface area contributed by atoms with Crippen LogP contribution in [0.1, 0.15) is 24.0 Å². The molecule has 0 bridgehead atoms. The van der Waals surface area contributed by atoms with Crippen LogP contribution in [0.3, 0.4) is 0 Å². The number of nitrogens with one attached hydrogen (secondary N) is 1. The Morgan fingerprint density at radius 3 is 2.76 bits per heavy atom. The molecule has 0 saturated carbocycles. The molecule has 4 nitrogen and oxygen atoms in total. The van der Waals surface area contributed by atoms with Crippen molar-refractivity contribution in [3.8, 4) is 0 Å². The van der Waals surface area contributed by atoms with Gasteiger partial charge in [0.15, 0.2) is 0 Å². The molecule has 0 amide bonds. The van der Waals surface area contributed by atoms with E-state index in [1.54, 1.807) is 7.11 Å². The molecule has 1 aromatic heterocycles. The number of benzene rings is 1. The third-order valence-corrected chi connectivity index (χ3v) is 3.64. The molecule has 0 saturated heterocycles. The Morgan fingerprint density at radius 1 is 1.29 bits per heavy atom. The van der Waals surface area contributed by atoms with E-state index in [1.807, 2.05) is 10.9 Å². The van der Waals surface area contributed by atoms with Gasteiger partial charge >= 0.3 is 0 Å². The number of ether oxygens (including phenoxy) is 1. The lowest BCUT2D eigenvalue weighted by molar-refractivity contribution is 0.199. The summed E-state index contributed by atoms with van der Waals surface area (Å²) < 4.78 is 7.07. The van der Waals surface area contributed by atoms with E-state index in [-0.39, 0.29) is 0 Å². The number of hydrogen-bond acceptors (Lipinski definition) is 3. The monoisotopic (exact) mass is 287 g/mol. The van der Waals surface area contributed by atoms with Crippen molar-refractivity contribution in [1.82, 2.24) is 15.1 Å². The molecular weight excluding hydrogens is 262 g/mol. The van der Waals surface area contributed by atoms with Gasteiger partial charge in [-0.2, -0.15) is 5.10 Å². The van der Waals surface area contributed by atoms with Gasteiger partial charge in [-0.15, -0.1) is 0 Å². The zero-order valence-electron chi connectivity index (χ0n) is 13.0. The van der Waals surface area contributed by atoms with Crippen LogP contribution >= 0.6 is 0 Å². The van der Waals surface area contributed by atoms with Crippen LogP contribution in [0, 0.1) is 0 Å². The summed E-state index contributed by atoms with van der Waals surface area (Å²) in [7, 11) is 1.73. The highest BCUT2D eigenvalue weighted by molar-refractivity contribution is 5.22. The maximum Gasteiger partial charge on any atom is 0.0587 e. The van der Waals surface area contributed by atoms with Crippen LogP contribution in [-0.4, -0.2) is 36.6 Å². The molecule has 21 heavy (non-hydrogen) atoms. The Labute approximate surface area is 127 Å². The lowest BCUT2D eigenvalue weighted by atomic mass is 9.93. The SMILES string of the molecule is CCn1cc(CC(CNCCOC)c2ccccc2)cn1. The second kappa shape index (κ2) is 8.60. The quantitative estimate of drug-likeness (QED) is 0.720. The topological polar surface area (TPSA) is 39.1 Å². The van der Waals surface area contributed by atoms with Crippen molar-refractivity contribution in [1.29, 1.82) is 0 Å². The maximum atomic E-state index is 5.09. The van der Waals surface area contributed by atoms with E-state index in [2.05, 4.69) is 53.9 Å². The molecule has 1 heterocycles. The standard InChI is InChI=1S/C17H25N3O/c1-3-20-14-15(12-19-20)11-17(13-18-9-10-21-2)16-7-5-4-6-8-16/h4-8,12,14,17-18H,3,9-11,13H2,1-2H3.